The highest BCUT2D eigenvalue weighted by molar-refractivity contribution is 6.32. The highest BCUT2D eigenvalue weighted by Gasteiger charge is 2.20. The summed E-state index contributed by atoms with van der Waals surface area (Å²) in [4.78, 5) is 3.30. The normalized spacial score (nSPS) is 21.3. The van der Waals surface area contributed by atoms with Gasteiger partial charge < -0.3 is 19.3 Å². The minimum atomic E-state index is 0.137. The lowest BCUT2D eigenvalue weighted by Crippen LogP contribution is -3.27. The Morgan fingerprint density at radius 2 is 1.80 bits per heavy atom. The fourth-order valence-corrected chi connectivity index (χ4v) is 3.29. The first kappa shape index (κ1) is 20.5. The van der Waals surface area contributed by atoms with Gasteiger partial charge in [-0.25, -0.2) is 0 Å². The summed E-state index contributed by atoms with van der Waals surface area (Å²) in [6.07, 6.45) is 1.08. The second kappa shape index (κ2) is 9.77. The smallest absolute Gasteiger partial charge is 0.138 e. The van der Waals surface area contributed by atoms with E-state index in [1.54, 1.807) is 9.80 Å². The van der Waals surface area contributed by atoms with E-state index in [1.165, 1.54) is 31.7 Å². The predicted molar refractivity (Wildman–Crippen MR) is 103 cm³/mol. The molecule has 1 aromatic rings. The van der Waals surface area contributed by atoms with Crippen molar-refractivity contribution in [3.63, 3.8) is 0 Å². The quantitative estimate of drug-likeness (QED) is 0.630. The molecule has 0 atom stereocenters. The molecule has 0 bridgehead atoms. The van der Waals surface area contributed by atoms with E-state index in [1.807, 2.05) is 12.1 Å². The van der Waals surface area contributed by atoms with Gasteiger partial charge in [-0.3, -0.25) is 0 Å². The summed E-state index contributed by atoms with van der Waals surface area (Å²) in [6, 6.07) is 6.12. The maximum Gasteiger partial charge on any atom is 0.138 e. The van der Waals surface area contributed by atoms with Crippen molar-refractivity contribution in [2.24, 2.45) is 0 Å². The largest absolute Gasteiger partial charge is 0.490 e. The van der Waals surface area contributed by atoms with Gasteiger partial charge in [0.25, 0.3) is 0 Å². The lowest BCUT2D eigenvalue weighted by molar-refractivity contribution is -1.00. The SMILES string of the molecule is CCC(C)(C)c1ccc(OCCOCC[NH+]2CC[NH+](C)CC2)c(Cl)c1. The van der Waals surface area contributed by atoms with Crippen molar-refractivity contribution in [3.05, 3.63) is 28.8 Å². The predicted octanol–water partition coefficient (Wildman–Crippen LogP) is 0.836. The van der Waals surface area contributed by atoms with Gasteiger partial charge in [0.15, 0.2) is 0 Å². The Morgan fingerprint density at radius 3 is 2.44 bits per heavy atom. The summed E-state index contributed by atoms with van der Waals surface area (Å²) in [5, 5.41) is 0.684. The van der Waals surface area contributed by atoms with Crippen molar-refractivity contribution >= 4 is 11.6 Å². The zero-order chi connectivity index (χ0) is 18.3. The molecule has 0 radical (unpaired) electrons. The molecular weight excluding hydrogens is 336 g/mol. The number of hydrogen-bond acceptors (Lipinski definition) is 2. The van der Waals surface area contributed by atoms with Gasteiger partial charge in [0.1, 0.15) is 45.1 Å². The third-order valence-corrected chi connectivity index (χ3v) is 5.79. The summed E-state index contributed by atoms with van der Waals surface area (Å²) in [5.41, 5.74) is 1.39. The lowest BCUT2D eigenvalue weighted by Gasteiger charge is -2.27. The summed E-state index contributed by atoms with van der Waals surface area (Å²) in [5.74, 6) is 0.744. The van der Waals surface area contributed by atoms with Crippen LogP contribution in [0.5, 0.6) is 5.75 Å². The molecule has 0 spiro atoms. The molecule has 0 amide bonds. The van der Waals surface area contributed by atoms with Gasteiger partial charge in [0, 0.05) is 0 Å². The molecule has 2 rings (SSSR count). The maximum absolute atomic E-state index is 6.37. The second-order valence-electron chi connectivity index (χ2n) is 7.80. The number of quaternary nitrogens is 2. The number of likely N-dealkylation sites (N-methyl/N-ethyl adjacent to an activating group) is 1. The van der Waals surface area contributed by atoms with E-state index >= 15 is 0 Å². The molecule has 1 aromatic carbocycles. The lowest BCUT2D eigenvalue weighted by atomic mass is 9.82. The van der Waals surface area contributed by atoms with E-state index in [-0.39, 0.29) is 5.41 Å². The van der Waals surface area contributed by atoms with Crippen molar-refractivity contribution in [2.45, 2.75) is 32.6 Å². The summed E-state index contributed by atoms with van der Waals surface area (Å²) in [6.45, 7) is 14.7. The van der Waals surface area contributed by atoms with Crippen LogP contribution in [0, 0.1) is 0 Å². The standard InChI is InChI=1S/C20H33ClN2O2/c1-5-20(2,3)17-6-7-19(18(21)16-17)25-15-14-24-13-12-23-10-8-22(4)9-11-23/h6-7,16H,5,8-15H2,1-4H3/p+2. The topological polar surface area (TPSA) is 27.3 Å². The third kappa shape index (κ3) is 6.45. The molecule has 0 aliphatic carbocycles. The molecule has 25 heavy (non-hydrogen) atoms. The Kier molecular flexibility index (Phi) is 8.01. The first-order valence-corrected chi connectivity index (χ1v) is 9.95. The zero-order valence-electron chi connectivity index (χ0n) is 16.3. The van der Waals surface area contributed by atoms with Gasteiger partial charge in [-0.15, -0.1) is 0 Å². The van der Waals surface area contributed by atoms with Crippen LogP contribution in [-0.4, -0.2) is 59.6 Å². The molecule has 0 unspecified atom stereocenters. The van der Waals surface area contributed by atoms with E-state index in [2.05, 4.69) is 33.9 Å². The molecular formula is C20H35ClN2O2+2. The van der Waals surface area contributed by atoms with Gasteiger partial charge in [-0.1, -0.05) is 38.4 Å². The number of hydrogen-bond donors (Lipinski definition) is 2. The van der Waals surface area contributed by atoms with Crippen LogP contribution in [0.15, 0.2) is 18.2 Å². The Bertz CT molecular complexity index is 528. The van der Waals surface area contributed by atoms with Crippen LogP contribution in [0.25, 0.3) is 0 Å². The van der Waals surface area contributed by atoms with Gasteiger partial charge in [-0.05, 0) is 29.5 Å². The van der Waals surface area contributed by atoms with Crippen LogP contribution >= 0.6 is 11.6 Å². The summed E-state index contributed by atoms with van der Waals surface area (Å²) < 4.78 is 11.5. The molecule has 142 valence electrons. The van der Waals surface area contributed by atoms with E-state index in [9.17, 15) is 0 Å². The molecule has 5 heteroatoms. The third-order valence-electron chi connectivity index (χ3n) is 5.49. The number of benzene rings is 1. The van der Waals surface area contributed by atoms with Crippen LogP contribution in [0.2, 0.25) is 5.02 Å². The number of nitrogens with one attached hydrogen (secondary N) is 2. The van der Waals surface area contributed by atoms with Crippen molar-refractivity contribution in [3.8, 4) is 5.75 Å². The Hall–Kier alpha value is -0.810. The van der Waals surface area contributed by atoms with Crippen LogP contribution in [0.1, 0.15) is 32.8 Å². The van der Waals surface area contributed by atoms with E-state index < -0.39 is 0 Å². The van der Waals surface area contributed by atoms with Gasteiger partial charge in [-0.2, -0.15) is 0 Å². The van der Waals surface area contributed by atoms with E-state index in [0.29, 0.717) is 18.2 Å². The average Bonchev–Trinajstić information content (AvgIpc) is 2.60. The Balaban J connectivity index is 1.65. The van der Waals surface area contributed by atoms with E-state index in [4.69, 9.17) is 21.1 Å². The average molecular weight is 371 g/mol. The van der Waals surface area contributed by atoms with Gasteiger partial charge in [0.05, 0.1) is 25.3 Å². The monoisotopic (exact) mass is 370 g/mol. The molecule has 1 heterocycles. The summed E-state index contributed by atoms with van der Waals surface area (Å²) >= 11 is 6.37. The molecule has 1 saturated heterocycles. The van der Waals surface area contributed by atoms with Gasteiger partial charge >= 0.3 is 0 Å². The maximum atomic E-state index is 6.37. The Morgan fingerprint density at radius 1 is 1.08 bits per heavy atom. The highest BCUT2D eigenvalue weighted by atomic mass is 35.5. The highest BCUT2D eigenvalue weighted by Crippen LogP contribution is 2.33. The molecule has 1 fully saturated rings. The minimum Gasteiger partial charge on any atom is -0.490 e. The minimum absolute atomic E-state index is 0.137. The first-order valence-electron chi connectivity index (χ1n) is 9.58. The second-order valence-corrected chi connectivity index (χ2v) is 8.21. The molecule has 4 nitrogen and oxygen atoms in total. The van der Waals surface area contributed by atoms with Crippen LogP contribution in [0.3, 0.4) is 0 Å². The molecule has 0 saturated carbocycles. The van der Waals surface area contributed by atoms with Crippen molar-refractivity contribution in [1.29, 1.82) is 0 Å². The molecule has 0 aromatic heterocycles. The van der Waals surface area contributed by atoms with Crippen molar-refractivity contribution in [1.82, 2.24) is 0 Å². The van der Waals surface area contributed by atoms with Crippen LogP contribution in [0.4, 0.5) is 0 Å². The van der Waals surface area contributed by atoms with Gasteiger partial charge in [0.2, 0.25) is 0 Å². The fourth-order valence-electron chi connectivity index (χ4n) is 3.05. The van der Waals surface area contributed by atoms with Crippen LogP contribution in [-0.2, 0) is 10.2 Å². The number of halogens is 1. The van der Waals surface area contributed by atoms with E-state index in [0.717, 1.165) is 25.3 Å². The zero-order valence-corrected chi connectivity index (χ0v) is 17.0. The number of ether oxygens (including phenoxy) is 2. The Labute approximate surface area is 158 Å². The fraction of sp³-hybridized carbons (Fsp3) is 0.700. The number of rotatable bonds is 9. The molecule has 1 aliphatic heterocycles. The van der Waals surface area contributed by atoms with Crippen molar-refractivity contribution < 1.29 is 19.3 Å². The number of piperazine rings is 1. The first-order chi connectivity index (χ1) is 11.9. The molecule has 1 aliphatic rings. The summed E-state index contributed by atoms with van der Waals surface area (Å²) in [7, 11) is 2.27. The molecule has 2 N–H and O–H groups in total. The van der Waals surface area contributed by atoms with Crippen LogP contribution < -0.4 is 14.5 Å². The van der Waals surface area contributed by atoms with Crippen molar-refractivity contribution in [2.75, 3.05) is 59.6 Å².